The van der Waals surface area contributed by atoms with Crippen molar-refractivity contribution < 1.29 is 0 Å². The highest BCUT2D eigenvalue weighted by molar-refractivity contribution is 5.24. The highest BCUT2D eigenvalue weighted by Gasteiger charge is 2.15. The van der Waals surface area contributed by atoms with Gasteiger partial charge in [-0.15, -0.1) is 0 Å². The van der Waals surface area contributed by atoms with Crippen LogP contribution in [0.5, 0.6) is 0 Å². The van der Waals surface area contributed by atoms with Crippen molar-refractivity contribution in [2.24, 2.45) is 0 Å². The number of hydrogen-bond donors (Lipinski definition) is 0. The van der Waals surface area contributed by atoms with E-state index in [4.69, 9.17) is 0 Å². The van der Waals surface area contributed by atoms with Crippen LogP contribution >= 0.6 is 0 Å². The van der Waals surface area contributed by atoms with Gasteiger partial charge in [0, 0.05) is 0 Å². The monoisotopic (exact) mass is 1580 g/mol. The highest BCUT2D eigenvalue weighted by Crippen LogP contribution is 2.33. The van der Waals surface area contributed by atoms with Gasteiger partial charge in [-0.1, -0.05) is 573 Å². The van der Waals surface area contributed by atoms with Crippen LogP contribution in [0.25, 0.3) is 0 Å². The van der Waals surface area contributed by atoms with Crippen LogP contribution in [-0.2, 0) is 0 Å². The molecule has 0 amide bonds. The minimum atomic E-state index is 0.729. The molecule has 0 saturated carbocycles. The summed E-state index contributed by atoms with van der Waals surface area (Å²) in [4.78, 5) is 0. The second-order valence-electron chi connectivity index (χ2n) is 34.9. The van der Waals surface area contributed by atoms with Gasteiger partial charge in [0.15, 0.2) is 0 Å². The van der Waals surface area contributed by atoms with Crippen molar-refractivity contribution in [1.29, 1.82) is 0 Å². The quantitative estimate of drug-likeness (QED) is 0.0333. The zero-order valence-electron chi connectivity index (χ0n) is 79.2. The van der Waals surface area contributed by atoms with Crippen molar-refractivity contribution in [2.75, 3.05) is 0 Å². The molecule has 0 fully saturated rings. The predicted octanol–water partition coefficient (Wildman–Crippen LogP) is 40.3. The Morgan fingerprint density at radius 1 is 0.138 bits per heavy atom. The van der Waals surface area contributed by atoms with Gasteiger partial charge < -0.3 is 0 Å². The molecule has 7 rings (SSSR count). The molecule has 654 valence electrons. The molecule has 0 saturated heterocycles. The average molecular weight is 1580 g/mol. The second kappa shape index (κ2) is 83.2. The largest absolute Gasteiger partial charge is 0.0654 e. The SMILES string of the molecule is CCCCCC(CCCC)c1ccccc1.CCCCCC(CCCC)c1ccccc1.CCCCCCC(CCC)c1ccccc1.CCCCCCCC(CC)c1ccccc1.CCCCCCCC(CCCCCC)c1ccccc1.CCCCCCCCC(C)c1ccccc1.CCCCCCCCC(C)c1ccccc1. The maximum Gasteiger partial charge on any atom is -0.0162 e. The zero-order valence-corrected chi connectivity index (χ0v) is 79.2. The normalized spacial score (nSPS) is 12.6. The van der Waals surface area contributed by atoms with Crippen LogP contribution in [0.3, 0.4) is 0 Å². The number of rotatable bonds is 60. The van der Waals surface area contributed by atoms with E-state index >= 15 is 0 Å². The minimum Gasteiger partial charge on any atom is -0.0654 e. The van der Waals surface area contributed by atoms with Gasteiger partial charge in [0.05, 0.1) is 0 Å². The fourth-order valence-corrected chi connectivity index (χ4v) is 16.7. The van der Waals surface area contributed by atoms with E-state index in [1.54, 1.807) is 22.3 Å². The molecular weight excluding hydrogens is 1390 g/mol. The molecule has 0 spiro atoms. The Hall–Kier alpha value is -5.46. The molecule has 0 heteroatoms. The van der Waals surface area contributed by atoms with Crippen molar-refractivity contribution in [3.05, 3.63) is 251 Å². The maximum absolute atomic E-state index is 2.35. The molecule has 0 aliphatic carbocycles. The molecule has 0 nitrogen and oxygen atoms in total. The molecule has 0 bridgehead atoms. The molecule has 0 aliphatic rings. The van der Waals surface area contributed by atoms with Gasteiger partial charge in [-0.3, -0.25) is 0 Å². The van der Waals surface area contributed by atoms with E-state index in [2.05, 4.69) is 309 Å². The summed E-state index contributed by atoms with van der Waals surface area (Å²) >= 11 is 0. The summed E-state index contributed by atoms with van der Waals surface area (Å²) in [5.41, 5.74) is 10.7. The molecule has 7 atom stereocenters. The van der Waals surface area contributed by atoms with Crippen LogP contribution in [0.15, 0.2) is 212 Å². The third kappa shape index (κ3) is 60.9. The van der Waals surface area contributed by atoms with Crippen LogP contribution in [0, 0.1) is 0 Å². The maximum atomic E-state index is 2.35. The summed E-state index contributed by atoms with van der Waals surface area (Å²) in [5.74, 6) is 5.43. The molecule has 0 aromatic heterocycles. The summed E-state index contributed by atoms with van der Waals surface area (Å²) in [5, 5.41) is 0. The van der Waals surface area contributed by atoms with Gasteiger partial charge in [0.1, 0.15) is 0 Å². The lowest BCUT2D eigenvalue weighted by Crippen LogP contribution is -1.99. The first-order valence-electron chi connectivity index (χ1n) is 50.4. The van der Waals surface area contributed by atoms with Crippen molar-refractivity contribution in [3.8, 4) is 0 Å². The summed E-state index contributed by atoms with van der Waals surface area (Å²) in [7, 11) is 0. The van der Waals surface area contributed by atoms with E-state index in [-0.39, 0.29) is 0 Å². The number of benzene rings is 7. The topological polar surface area (TPSA) is 0 Å². The Bertz CT molecular complexity index is 2840. The van der Waals surface area contributed by atoms with Crippen molar-refractivity contribution >= 4 is 0 Å². The first-order chi connectivity index (χ1) is 57.1. The zero-order chi connectivity index (χ0) is 84.3. The van der Waals surface area contributed by atoms with Crippen LogP contribution in [0.4, 0.5) is 0 Å². The van der Waals surface area contributed by atoms with Gasteiger partial charge in [0.25, 0.3) is 0 Å². The van der Waals surface area contributed by atoms with E-state index in [1.165, 1.54) is 357 Å². The van der Waals surface area contributed by atoms with Gasteiger partial charge in [-0.2, -0.15) is 0 Å². The molecule has 0 radical (unpaired) electrons. The lowest BCUT2D eigenvalue weighted by Gasteiger charge is -2.17. The number of hydrogen-bond acceptors (Lipinski definition) is 0. The van der Waals surface area contributed by atoms with E-state index in [0.29, 0.717) is 0 Å². The van der Waals surface area contributed by atoms with Crippen LogP contribution in [0.1, 0.15) is 518 Å². The standard InChI is InChI=1S/C20H34.6C16H26/c1-3-5-7-9-12-16-19(15-11-8-6-4-2)20-17-13-10-14-18-20;2*1-3-4-5-6-7-9-12-15(2)16-13-10-8-11-14-16;1-3-5-6-8-12-15(11-4-2)16-13-9-7-10-14-16;1-3-5-6-7-9-12-15(4-2)16-13-10-8-11-14-16;2*1-3-5-8-12-15(11-6-4-2)16-13-9-7-10-14-16/h10,13-14,17-19H,3-9,11-12,15-16H2,1-2H3;2*8,10-11,13-15H,3-7,9,12H2,1-2H3;7,9-10,13-15H,3-6,8,11-12H2,1-2H3;8,10-11,13-15H,3-7,9,12H2,1-2H3;2*7,9-10,13-15H,3-6,8,11-12H2,1-2H3. The molecule has 0 heterocycles. The molecule has 116 heavy (non-hydrogen) atoms. The van der Waals surface area contributed by atoms with Gasteiger partial charge in [0.2, 0.25) is 0 Å². The first-order valence-corrected chi connectivity index (χ1v) is 50.4. The van der Waals surface area contributed by atoms with E-state index in [1.807, 2.05) is 0 Å². The molecule has 0 N–H and O–H groups in total. The Morgan fingerprint density at radius 2 is 0.293 bits per heavy atom. The third-order valence-electron chi connectivity index (χ3n) is 24.5. The smallest absolute Gasteiger partial charge is 0.0162 e. The summed E-state index contributed by atoms with van der Waals surface area (Å²) in [6.45, 7) is 32.1. The second-order valence-corrected chi connectivity index (χ2v) is 34.9. The average Bonchev–Trinajstić information content (AvgIpc) is 0.925. The molecule has 7 aromatic carbocycles. The fraction of sp³-hybridized carbons (Fsp3) is 0.638. The van der Waals surface area contributed by atoms with Gasteiger partial charge >= 0.3 is 0 Å². The summed E-state index contributed by atoms with van der Waals surface area (Å²) in [6.07, 6.45) is 73.1. The number of unbranched alkanes of at least 4 members (excludes halogenated alkanes) is 30. The van der Waals surface area contributed by atoms with Gasteiger partial charge in [-0.25, -0.2) is 0 Å². The Morgan fingerprint density at radius 3 is 0.517 bits per heavy atom. The van der Waals surface area contributed by atoms with Crippen LogP contribution in [-0.4, -0.2) is 0 Å². The van der Waals surface area contributed by atoms with Crippen LogP contribution in [0.2, 0.25) is 0 Å². The fourth-order valence-electron chi connectivity index (χ4n) is 16.7. The predicted molar refractivity (Wildman–Crippen MR) is 528 cm³/mol. The Labute approximate surface area is 725 Å². The van der Waals surface area contributed by atoms with Crippen molar-refractivity contribution in [1.82, 2.24) is 0 Å². The first kappa shape index (κ1) is 109. The van der Waals surface area contributed by atoms with Crippen LogP contribution < -0.4 is 0 Å². The third-order valence-corrected chi connectivity index (χ3v) is 24.5. The Balaban J connectivity index is 0.000000678. The van der Waals surface area contributed by atoms with E-state index < -0.39 is 0 Å². The minimum absolute atomic E-state index is 0.729. The van der Waals surface area contributed by atoms with E-state index in [9.17, 15) is 0 Å². The van der Waals surface area contributed by atoms with Crippen molar-refractivity contribution in [3.63, 3.8) is 0 Å². The van der Waals surface area contributed by atoms with Gasteiger partial charge in [-0.05, 0) is 157 Å². The van der Waals surface area contributed by atoms with E-state index in [0.717, 1.165) is 41.4 Å². The molecule has 7 unspecified atom stereocenters. The van der Waals surface area contributed by atoms with Crippen molar-refractivity contribution in [2.45, 2.75) is 479 Å². The molecule has 0 aliphatic heterocycles. The molecule has 7 aromatic rings. The summed E-state index contributed by atoms with van der Waals surface area (Å²) in [6, 6.07) is 77.1. The summed E-state index contributed by atoms with van der Waals surface area (Å²) < 4.78 is 0. The molecular formula is C116H190. The Kier molecular flexibility index (Phi) is 77.9. The lowest BCUT2D eigenvalue weighted by molar-refractivity contribution is 0.493. The lowest BCUT2D eigenvalue weighted by atomic mass is 9.88. The highest BCUT2D eigenvalue weighted by atomic mass is 14.2.